The fourth-order valence-electron chi connectivity index (χ4n) is 4.31. The third-order valence-electron chi connectivity index (χ3n) is 5.84. The number of fused-ring (bicyclic) bond motifs is 1. The number of hydrogen-bond acceptors (Lipinski definition) is 3. The summed E-state index contributed by atoms with van der Waals surface area (Å²) in [6.45, 7) is 0. The standard InChI is InChI=1S/C23H26N2O3/c26-18-10-11-20(22(27)13-18)15-5-8-17(9-6-15)25-23(28)12-7-16-14-24-21-4-2-1-3-19(16)21/h1-4,10-11,13-15,17,24,26-27H,5-9,12H2,(H,25,28). The molecule has 0 bridgehead atoms. The summed E-state index contributed by atoms with van der Waals surface area (Å²) in [4.78, 5) is 15.7. The Balaban J connectivity index is 1.27. The molecule has 0 atom stereocenters. The molecule has 0 radical (unpaired) electrons. The van der Waals surface area contributed by atoms with Gasteiger partial charge in [0.15, 0.2) is 0 Å². The predicted molar refractivity (Wildman–Crippen MR) is 110 cm³/mol. The summed E-state index contributed by atoms with van der Waals surface area (Å²) in [5, 5.41) is 23.9. The molecule has 28 heavy (non-hydrogen) atoms. The van der Waals surface area contributed by atoms with Crippen molar-refractivity contribution in [2.45, 2.75) is 50.5 Å². The van der Waals surface area contributed by atoms with Gasteiger partial charge < -0.3 is 20.5 Å². The van der Waals surface area contributed by atoms with Gasteiger partial charge in [-0.25, -0.2) is 0 Å². The summed E-state index contributed by atoms with van der Waals surface area (Å²) in [5.74, 6) is 0.616. The molecule has 4 N–H and O–H groups in total. The Morgan fingerprint density at radius 1 is 1.07 bits per heavy atom. The van der Waals surface area contributed by atoms with E-state index in [2.05, 4.69) is 16.4 Å². The number of phenols is 2. The van der Waals surface area contributed by atoms with E-state index in [1.807, 2.05) is 24.4 Å². The topological polar surface area (TPSA) is 85.4 Å². The van der Waals surface area contributed by atoms with Crippen LogP contribution in [0.2, 0.25) is 0 Å². The Kier molecular flexibility index (Phi) is 5.24. The summed E-state index contributed by atoms with van der Waals surface area (Å²) < 4.78 is 0. The SMILES string of the molecule is O=C(CCc1c[nH]c2ccccc12)NC1CCC(c2ccc(O)cc2O)CC1. The van der Waals surface area contributed by atoms with Crippen molar-refractivity contribution in [3.05, 3.63) is 59.8 Å². The van der Waals surface area contributed by atoms with Gasteiger partial charge in [-0.05, 0) is 61.3 Å². The van der Waals surface area contributed by atoms with Crippen molar-refractivity contribution in [2.75, 3.05) is 0 Å². The summed E-state index contributed by atoms with van der Waals surface area (Å²) >= 11 is 0. The number of carbonyl (C=O) groups excluding carboxylic acids is 1. The van der Waals surface area contributed by atoms with Gasteiger partial charge in [0.05, 0.1) is 0 Å². The summed E-state index contributed by atoms with van der Waals surface area (Å²) in [5.41, 5.74) is 3.17. The lowest BCUT2D eigenvalue weighted by Crippen LogP contribution is -2.37. The molecule has 4 rings (SSSR count). The van der Waals surface area contributed by atoms with Crippen molar-refractivity contribution in [2.24, 2.45) is 0 Å². The Bertz CT molecular complexity index is 971. The molecule has 1 heterocycles. The number of aryl methyl sites for hydroxylation is 1. The number of carbonyl (C=O) groups is 1. The second-order valence-corrected chi connectivity index (χ2v) is 7.72. The molecule has 3 aromatic rings. The maximum Gasteiger partial charge on any atom is 0.220 e. The van der Waals surface area contributed by atoms with Gasteiger partial charge in [-0.15, -0.1) is 0 Å². The lowest BCUT2D eigenvalue weighted by atomic mass is 9.81. The minimum Gasteiger partial charge on any atom is -0.508 e. The van der Waals surface area contributed by atoms with Crippen LogP contribution in [0.3, 0.4) is 0 Å². The van der Waals surface area contributed by atoms with Crippen molar-refractivity contribution >= 4 is 16.8 Å². The van der Waals surface area contributed by atoms with Crippen LogP contribution in [-0.4, -0.2) is 27.1 Å². The van der Waals surface area contributed by atoms with E-state index in [0.717, 1.165) is 43.2 Å². The number of hydrogen-bond donors (Lipinski definition) is 4. The average molecular weight is 378 g/mol. The monoisotopic (exact) mass is 378 g/mol. The minimum atomic E-state index is 0.0809. The molecule has 1 aromatic heterocycles. The molecule has 5 heteroatoms. The van der Waals surface area contributed by atoms with Crippen molar-refractivity contribution < 1.29 is 15.0 Å². The maximum absolute atomic E-state index is 12.4. The third-order valence-corrected chi connectivity index (χ3v) is 5.84. The molecular weight excluding hydrogens is 352 g/mol. The molecule has 0 saturated heterocycles. The van der Waals surface area contributed by atoms with Gasteiger partial charge >= 0.3 is 0 Å². The van der Waals surface area contributed by atoms with Gasteiger partial charge in [-0.1, -0.05) is 24.3 Å². The molecular formula is C23H26N2O3. The molecule has 0 spiro atoms. The van der Waals surface area contributed by atoms with Crippen LogP contribution in [0.1, 0.15) is 49.1 Å². The number of nitrogens with one attached hydrogen (secondary N) is 2. The molecule has 0 aliphatic heterocycles. The van der Waals surface area contributed by atoms with Crippen LogP contribution in [0, 0.1) is 0 Å². The fourth-order valence-corrected chi connectivity index (χ4v) is 4.31. The Hall–Kier alpha value is -2.95. The zero-order valence-corrected chi connectivity index (χ0v) is 15.8. The Morgan fingerprint density at radius 3 is 2.64 bits per heavy atom. The van der Waals surface area contributed by atoms with Crippen molar-refractivity contribution in [3.8, 4) is 11.5 Å². The quantitative estimate of drug-likeness (QED) is 0.532. The first-order valence-corrected chi connectivity index (χ1v) is 9.96. The molecule has 1 aliphatic carbocycles. The van der Waals surface area contributed by atoms with Gasteiger partial charge in [0.25, 0.3) is 0 Å². The first-order valence-electron chi connectivity index (χ1n) is 9.96. The molecule has 1 saturated carbocycles. The van der Waals surface area contributed by atoms with E-state index < -0.39 is 0 Å². The fraction of sp³-hybridized carbons (Fsp3) is 0.348. The van der Waals surface area contributed by atoms with E-state index in [1.165, 1.54) is 17.0 Å². The highest BCUT2D eigenvalue weighted by Gasteiger charge is 2.25. The summed E-state index contributed by atoms with van der Waals surface area (Å²) in [7, 11) is 0. The highest BCUT2D eigenvalue weighted by atomic mass is 16.3. The second-order valence-electron chi connectivity index (χ2n) is 7.72. The van der Waals surface area contributed by atoms with Crippen molar-refractivity contribution in [3.63, 3.8) is 0 Å². The number of aromatic hydroxyl groups is 2. The number of aromatic nitrogens is 1. The van der Waals surface area contributed by atoms with Crippen LogP contribution in [-0.2, 0) is 11.2 Å². The maximum atomic E-state index is 12.4. The van der Waals surface area contributed by atoms with Crippen LogP contribution >= 0.6 is 0 Å². The second kappa shape index (κ2) is 7.97. The van der Waals surface area contributed by atoms with Gasteiger partial charge in [0.1, 0.15) is 11.5 Å². The minimum absolute atomic E-state index is 0.0809. The van der Waals surface area contributed by atoms with Crippen molar-refractivity contribution in [1.29, 1.82) is 0 Å². The lowest BCUT2D eigenvalue weighted by Gasteiger charge is -2.29. The Morgan fingerprint density at radius 2 is 1.86 bits per heavy atom. The molecule has 0 unspecified atom stereocenters. The zero-order valence-electron chi connectivity index (χ0n) is 15.8. The van der Waals surface area contributed by atoms with E-state index in [9.17, 15) is 15.0 Å². The average Bonchev–Trinajstić information content (AvgIpc) is 3.10. The van der Waals surface area contributed by atoms with Crippen LogP contribution < -0.4 is 5.32 Å². The number of H-pyrrole nitrogens is 1. The number of benzene rings is 2. The molecule has 146 valence electrons. The molecule has 5 nitrogen and oxygen atoms in total. The van der Waals surface area contributed by atoms with Gasteiger partial charge in [-0.3, -0.25) is 4.79 Å². The highest BCUT2D eigenvalue weighted by molar-refractivity contribution is 5.84. The Labute approximate surface area is 164 Å². The third kappa shape index (κ3) is 3.98. The number of para-hydroxylation sites is 1. The molecule has 1 aliphatic rings. The van der Waals surface area contributed by atoms with E-state index in [1.54, 1.807) is 12.1 Å². The first-order chi connectivity index (χ1) is 13.6. The van der Waals surface area contributed by atoms with Gasteiger partial charge in [-0.2, -0.15) is 0 Å². The van der Waals surface area contributed by atoms with Gasteiger partial charge in [0.2, 0.25) is 5.91 Å². The largest absolute Gasteiger partial charge is 0.508 e. The zero-order chi connectivity index (χ0) is 19.5. The van der Waals surface area contributed by atoms with Crippen LogP contribution in [0.15, 0.2) is 48.7 Å². The van der Waals surface area contributed by atoms with Crippen LogP contribution in [0.4, 0.5) is 0 Å². The van der Waals surface area contributed by atoms with Crippen molar-refractivity contribution in [1.82, 2.24) is 10.3 Å². The highest BCUT2D eigenvalue weighted by Crippen LogP contribution is 2.38. The van der Waals surface area contributed by atoms with E-state index in [4.69, 9.17) is 0 Å². The van der Waals surface area contributed by atoms with Crippen LogP contribution in [0.5, 0.6) is 11.5 Å². The van der Waals surface area contributed by atoms with E-state index in [0.29, 0.717) is 6.42 Å². The number of phenolic OH excluding ortho intramolecular Hbond substituents is 2. The number of aromatic amines is 1. The molecule has 2 aromatic carbocycles. The van der Waals surface area contributed by atoms with Crippen LogP contribution in [0.25, 0.3) is 10.9 Å². The first kappa shape index (κ1) is 18.4. The smallest absolute Gasteiger partial charge is 0.220 e. The van der Waals surface area contributed by atoms with E-state index in [-0.39, 0.29) is 29.4 Å². The normalized spacial score (nSPS) is 19.6. The summed E-state index contributed by atoms with van der Waals surface area (Å²) in [6.07, 6.45) is 6.87. The lowest BCUT2D eigenvalue weighted by molar-refractivity contribution is -0.122. The number of rotatable bonds is 5. The molecule has 1 amide bonds. The molecule has 1 fully saturated rings. The van der Waals surface area contributed by atoms with Gasteiger partial charge in [0, 0.05) is 35.6 Å². The predicted octanol–water partition coefficient (Wildman–Crippen LogP) is 4.35. The van der Waals surface area contributed by atoms with E-state index >= 15 is 0 Å². The summed E-state index contributed by atoms with van der Waals surface area (Å²) in [6, 6.07) is 13.2. The number of amides is 1.